The Kier molecular flexibility index (Phi) is 3.25. The van der Waals surface area contributed by atoms with Crippen molar-refractivity contribution in [2.45, 2.75) is 36.0 Å². The van der Waals surface area contributed by atoms with Gasteiger partial charge in [0.25, 0.3) is 0 Å². The maximum Gasteiger partial charge on any atom is 0.0295 e. The molecule has 0 fully saturated rings. The Balaban J connectivity index is 2.15. The first kappa shape index (κ1) is 9.50. The second-order valence-electron chi connectivity index (χ2n) is 3.76. The molecule has 0 saturated heterocycles. The van der Waals surface area contributed by atoms with Crippen LogP contribution in [0, 0.1) is 0 Å². The summed E-state index contributed by atoms with van der Waals surface area (Å²) in [6.07, 6.45) is 15.8. The Hall–Kier alpha value is -0.0500. The molecule has 2 rings (SSSR count). The summed E-state index contributed by atoms with van der Waals surface area (Å²) in [5, 5.41) is 0. The van der Waals surface area contributed by atoms with Crippen LogP contribution in [0.2, 0.25) is 0 Å². The SMILES string of the molecule is IC1C=C(C2=CC=CCC2)CCC1. The molecule has 0 aliphatic heterocycles. The quantitative estimate of drug-likeness (QED) is 0.501. The molecule has 0 bridgehead atoms. The number of allylic oxidation sites excluding steroid dienone is 6. The zero-order valence-corrected chi connectivity index (χ0v) is 9.96. The molecule has 1 unspecified atom stereocenters. The van der Waals surface area contributed by atoms with Crippen molar-refractivity contribution in [2.75, 3.05) is 0 Å². The van der Waals surface area contributed by atoms with Crippen LogP contribution in [0.15, 0.2) is 35.5 Å². The van der Waals surface area contributed by atoms with Gasteiger partial charge in [-0.1, -0.05) is 46.9 Å². The van der Waals surface area contributed by atoms with Crippen molar-refractivity contribution < 1.29 is 0 Å². The van der Waals surface area contributed by atoms with Gasteiger partial charge < -0.3 is 0 Å². The largest absolute Gasteiger partial charge is 0.0842 e. The minimum atomic E-state index is 0.771. The van der Waals surface area contributed by atoms with Crippen molar-refractivity contribution >= 4 is 22.6 Å². The number of hydrogen-bond acceptors (Lipinski definition) is 0. The lowest BCUT2D eigenvalue weighted by Crippen LogP contribution is -2.05. The average molecular weight is 286 g/mol. The van der Waals surface area contributed by atoms with Crippen molar-refractivity contribution in [3.05, 3.63) is 35.5 Å². The van der Waals surface area contributed by atoms with Crippen LogP contribution in [0.1, 0.15) is 32.1 Å². The van der Waals surface area contributed by atoms with Crippen LogP contribution in [-0.2, 0) is 0 Å². The summed E-state index contributed by atoms with van der Waals surface area (Å²) in [4.78, 5) is 0. The van der Waals surface area contributed by atoms with Crippen molar-refractivity contribution in [3.63, 3.8) is 0 Å². The van der Waals surface area contributed by atoms with E-state index in [-0.39, 0.29) is 0 Å². The molecule has 0 aromatic carbocycles. The molecule has 13 heavy (non-hydrogen) atoms. The minimum absolute atomic E-state index is 0.771. The number of halogens is 1. The van der Waals surface area contributed by atoms with E-state index in [1.807, 2.05) is 0 Å². The van der Waals surface area contributed by atoms with E-state index >= 15 is 0 Å². The molecule has 0 amide bonds. The Morgan fingerprint density at radius 1 is 1.23 bits per heavy atom. The van der Waals surface area contributed by atoms with Gasteiger partial charge in [-0.25, -0.2) is 0 Å². The van der Waals surface area contributed by atoms with Crippen LogP contribution < -0.4 is 0 Å². The molecule has 1 atom stereocenters. The molecule has 2 aliphatic rings. The fraction of sp³-hybridized carbons (Fsp3) is 0.500. The lowest BCUT2D eigenvalue weighted by Gasteiger charge is -2.20. The van der Waals surface area contributed by atoms with Crippen molar-refractivity contribution in [1.82, 2.24) is 0 Å². The second-order valence-corrected chi connectivity index (χ2v) is 5.36. The summed E-state index contributed by atoms with van der Waals surface area (Å²) in [6, 6.07) is 0. The fourth-order valence-electron chi connectivity index (χ4n) is 2.01. The summed E-state index contributed by atoms with van der Waals surface area (Å²) in [6.45, 7) is 0. The Morgan fingerprint density at radius 3 is 2.85 bits per heavy atom. The highest BCUT2D eigenvalue weighted by Gasteiger charge is 2.13. The van der Waals surface area contributed by atoms with Gasteiger partial charge in [-0.3, -0.25) is 0 Å². The highest BCUT2D eigenvalue weighted by Crippen LogP contribution is 2.31. The van der Waals surface area contributed by atoms with E-state index in [1.165, 1.54) is 32.1 Å². The number of alkyl halides is 1. The molecule has 0 heterocycles. The summed E-state index contributed by atoms with van der Waals surface area (Å²) in [7, 11) is 0. The second kappa shape index (κ2) is 4.45. The van der Waals surface area contributed by atoms with Gasteiger partial charge in [0.15, 0.2) is 0 Å². The normalized spacial score (nSPS) is 28.2. The van der Waals surface area contributed by atoms with E-state index in [9.17, 15) is 0 Å². The highest BCUT2D eigenvalue weighted by atomic mass is 127. The first-order valence-electron chi connectivity index (χ1n) is 5.07. The van der Waals surface area contributed by atoms with Crippen LogP contribution in [0.25, 0.3) is 0 Å². The first-order valence-corrected chi connectivity index (χ1v) is 6.31. The van der Waals surface area contributed by atoms with E-state index in [1.54, 1.807) is 11.1 Å². The summed E-state index contributed by atoms with van der Waals surface area (Å²) in [5.41, 5.74) is 3.21. The molecule has 70 valence electrons. The maximum atomic E-state index is 2.55. The van der Waals surface area contributed by atoms with E-state index in [2.05, 4.69) is 46.9 Å². The van der Waals surface area contributed by atoms with Gasteiger partial charge in [-0.05, 0) is 43.3 Å². The monoisotopic (exact) mass is 286 g/mol. The van der Waals surface area contributed by atoms with Crippen LogP contribution >= 0.6 is 22.6 Å². The highest BCUT2D eigenvalue weighted by molar-refractivity contribution is 14.1. The number of rotatable bonds is 1. The fourth-order valence-corrected chi connectivity index (χ4v) is 2.88. The third-order valence-corrected chi connectivity index (χ3v) is 3.72. The van der Waals surface area contributed by atoms with Crippen LogP contribution in [0.5, 0.6) is 0 Å². The van der Waals surface area contributed by atoms with Gasteiger partial charge in [0, 0.05) is 3.92 Å². The van der Waals surface area contributed by atoms with E-state index in [0.717, 1.165) is 3.92 Å². The van der Waals surface area contributed by atoms with Gasteiger partial charge in [0.2, 0.25) is 0 Å². The lowest BCUT2D eigenvalue weighted by atomic mass is 9.89. The van der Waals surface area contributed by atoms with Crippen LogP contribution in [0.4, 0.5) is 0 Å². The molecule has 0 aromatic heterocycles. The van der Waals surface area contributed by atoms with Gasteiger partial charge in [0.1, 0.15) is 0 Å². The zero-order valence-electron chi connectivity index (χ0n) is 7.80. The zero-order chi connectivity index (χ0) is 9.10. The number of hydrogen-bond donors (Lipinski definition) is 0. The predicted octanol–water partition coefficient (Wildman–Crippen LogP) is 4.18. The third kappa shape index (κ3) is 2.46. The van der Waals surface area contributed by atoms with Crippen LogP contribution in [-0.4, -0.2) is 3.92 Å². The molecular weight excluding hydrogens is 271 g/mol. The molecule has 0 saturated carbocycles. The molecule has 0 radical (unpaired) electrons. The van der Waals surface area contributed by atoms with E-state index in [0.29, 0.717) is 0 Å². The van der Waals surface area contributed by atoms with Gasteiger partial charge in [0.05, 0.1) is 0 Å². The molecule has 0 spiro atoms. The average Bonchev–Trinajstić information content (AvgIpc) is 2.19. The van der Waals surface area contributed by atoms with E-state index in [4.69, 9.17) is 0 Å². The summed E-state index contributed by atoms with van der Waals surface area (Å²) < 4.78 is 0.771. The Bertz CT molecular complexity index is 271. The third-order valence-electron chi connectivity index (χ3n) is 2.73. The van der Waals surface area contributed by atoms with Crippen LogP contribution in [0.3, 0.4) is 0 Å². The molecule has 0 nitrogen and oxygen atoms in total. The van der Waals surface area contributed by atoms with Gasteiger partial charge in [-0.2, -0.15) is 0 Å². The lowest BCUT2D eigenvalue weighted by molar-refractivity contribution is 0.719. The minimum Gasteiger partial charge on any atom is -0.0842 e. The maximum absolute atomic E-state index is 2.55. The standard InChI is InChI=1S/C12H15I/c13-12-8-4-7-11(9-12)10-5-2-1-3-6-10/h1-2,5,9,12H,3-4,6-8H2. The van der Waals surface area contributed by atoms with Crippen molar-refractivity contribution in [2.24, 2.45) is 0 Å². The topological polar surface area (TPSA) is 0 Å². The predicted molar refractivity (Wildman–Crippen MR) is 66.2 cm³/mol. The summed E-state index contributed by atoms with van der Waals surface area (Å²) in [5.74, 6) is 0. The van der Waals surface area contributed by atoms with Crippen molar-refractivity contribution in [1.29, 1.82) is 0 Å². The van der Waals surface area contributed by atoms with Gasteiger partial charge >= 0.3 is 0 Å². The van der Waals surface area contributed by atoms with E-state index < -0.39 is 0 Å². The van der Waals surface area contributed by atoms with Crippen molar-refractivity contribution in [3.8, 4) is 0 Å². The summed E-state index contributed by atoms with van der Waals surface area (Å²) >= 11 is 2.55. The van der Waals surface area contributed by atoms with Gasteiger partial charge in [-0.15, -0.1) is 0 Å². The smallest absolute Gasteiger partial charge is 0.0295 e. The molecule has 0 N–H and O–H groups in total. The Labute approximate surface area is 93.9 Å². The first-order chi connectivity index (χ1) is 6.36. The Morgan fingerprint density at radius 2 is 2.15 bits per heavy atom. The molecular formula is C12H15I. The molecule has 1 heteroatoms. The molecule has 0 aromatic rings. The molecule has 2 aliphatic carbocycles.